The van der Waals surface area contributed by atoms with Gasteiger partial charge in [0.15, 0.2) is 23.0 Å². The Labute approximate surface area is 220 Å². The summed E-state index contributed by atoms with van der Waals surface area (Å²) in [4.78, 5) is 53.0. The molecule has 39 heavy (non-hydrogen) atoms. The monoisotopic (exact) mass is 533 g/mol. The maximum absolute atomic E-state index is 14.4. The summed E-state index contributed by atoms with van der Waals surface area (Å²) in [7, 11) is 0. The first-order valence-corrected chi connectivity index (χ1v) is 11.9. The van der Waals surface area contributed by atoms with Crippen molar-refractivity contribution in [2.45, 2.75) is 26.4 Å². The van der Waals surface area contributed by atoms with E-state index in [2.05, 4.69) is 20.7 Å². The van der Waals surface area contributed by atoms with Crippen LogP contribution in [0.15, 0.2) is 48.7 Å². The number of halogens is 2. The van der Waals surface area contributed by atoms with E-state index in [4.69, 9.17) is 4.74 Å². The predicted octanol–water partition coefficient (Wildman–Crippen LogP) is 2.57. The van der Waals surface area contributed by atoms with E-state index in [9.17, 15) is 28.0 Å². The molecule has 0 fully saturated rings. The first-order chi connectivity index (χ1) is 18.7. The summed E-state index contributed by atoms with van der Waals surface area (Å²) in [6.45, 7) is 1.25. The third-order valence-corrected chi connectivity index (χ3v) is 6.11. The van der Waals surface area contributed by atoms with E-state index in [0.29, 0.717) is 22.4 Å². The molecule has 1 aliphatic rings. The van der Waals surface area contributed by atoms with Crippen LogP contribution in [0.5, 0.6) is 5.75 Å². The second-order valence-corrected chi connectivity index (χ2v) is 8.94. The number of amides is 2. The summed E-state index contributed by atoms with van der Waals surface area (Å²) >= 11 is 0. The van der Waals surface area contributed by atoms with Gasteiger partial charge in [-0.25, -0.2) is 18.3 Å². The first-order valence-electron chi connectivity index (χ1n) is 11.9. The molecular formula is C27H21F2N5O5. The van der Waals surface area contributed by atoms with Crippen molar-refractivity contribution in [3.8, 4) is 5.75 Å². The number of hydrogen-bond donors (Lipinski definition) is 2. The molecule has 0 saturated heterocycles. The standard InChI is InChI=1S/C27H21F2N5O5/c1-14(35)19-4-2-16(7-20(19)28)11-31-27(38)23-9-22(33-25-21(29)12-32-34(23)25)26(37)30-10-15-3-5-24-17(6-15)8-18(36)13-39-24/h2-7,9,12H,8,10-11,13H2,1H3,(H,30,37)(H,31,38). The van der Waals surface area contributed by atoms with Crippen LogP contribution in [0.2, 0.25) is 0 Å². The Hall–Kier alpha value is -5.00. The van der Waals surface area contributed by atoms with Crippen molar-refractivity contribution in [2.75, 3.05) is 6.61 Å². The van der Waals surface area contributed by atoms with Crippen LogP contribution in [0, 0.1) is 11.6 Å². The smallest absolute Gasteiger partial charge is 0.270 e. The quantitative estimate of drug-likeness (QED) is 0.349. The summed E-state index contributed by atoms with van der Waals surface area (Å²) in [5.74, 6) is -2.79. The molecule has 2 aromatic carbocycles. The maximum atomic E-state index is 14.4. The van der Waals surface area contributed by atoms with Gasteiger partial charge < -0.3 is 15.4 Å². The largest absolute Gasteiger partial charge is 0.486 e. The SMILES string of the molecule is CC(=O)c1ccc(CNC(=O)c2cc(C(=O)NCc3ccc4c(c3)CC(=O)CO4)nc3c(F)cnn23)cc1F. The van der Waals surface area contributed by atoms with E-state index in [1.54, 1.807) is 18.2 Å². The summed E-state index contributed by atoms with van der Waals surface area (Å²) in [5.41, 5.74) is 1.03. The van der Waals surface area contributed by atoms with Gasteiger partial charge in [0.1, 0.15) is 29.6 Å². The summed E-state index contributed by atoms with van der Waals surface area (Å²) in [5, 5.41) is 9.08. The fourth-order valence-corrected chi connectivity index (χ4v) is 4.16. The zero-order valence-electron chi connectivity index (χ0n) is 20.6. The van der Waals surface area contributed by atoms with Crippen LogP contribution < -0.4 is 15.4 Å². The molecule has 0 bridgehead atoms. The number of carbonyl (C=O) groups excluding carboxylic acids is 4. The van der Waals surface area contributed by atoms with E-state index in [0.717, 1.165) is 16.8 Å². The normalized spacial score (nSPS) is 12.5. The van der Waals surface area contributed by atoms with Gasteiger partial charge in [0.2, 0.25) is 0 Å². The fraction of sp³-hybridized carbons (Fsp3) is 0.185. The Balaban J connectivity index is 1.33. The highest BCUT2D eigenvalue weighted by atomic mass is 19.1. The first kappa shape index (κ1) is 25.6. The molecule has 0 saturated carbocycles. The van der Waals surface area contributed by atoms with Gasteiger partial charge >= 0.3 is 0 Å². The Morgan fingerprint density at radius 1 is 0.974 bits per heavy atom. The number of rotatable bonds is 7. The molecule has 1 aliphatic heterocycles. The highest BCUT2D eigenvalue weighted by Gasteiger charge is 2.21. The minimum absolute atomic E-state index is 0.0291. The number of fused-ring (bicyclic) bond motifs is 2. The number of ether oxygens (including phenoxy) is 1. The van der Waals surface area contributed by atoms with Crippen LogP contribution in [0.3, 0.4) is 0 Å². The second-order valence-electron chi connectivity index (χ2n) is 8.94. The molecule has 0 unspecified atom stereocenters. The second kappa shape index (κ2) is 10.4. The van der Waals surface area contributed by atoms with Crippen molar-refractivity contribution >= 4 is 29.0 Å². The molecule has 2 aromatic heterocycles. The minimum atomic E-state index is -0.833. The molecule has 2 amide bonds. The number of carbonyl (C=O) groups is 4. The van der Waals surface area contributed by atoms with Crippen molar-refractivity contribution in [1.82, 2.24) is 25.2 Å². The Morgan fingerprint density at radius 2 is 1.69 bits per heavy atom. The highest BCUT2D eigenvalue weighted by Crippen LogP contribution is 2.24. The van der Waals surface area contributed by atoms with Crippen molar-refractivity contribution in [2.24, 2.45) is 0 Å². The van der Waals surface area contributed by atoms with Crippen molar-refractivity contribution < 1.29 is 32.7 Å². The number of hydrogen-bond acceptors (Lipinski definition) is 7. The van der Waals surface area contributed by atoms with E-state index in [-0.39, 0.29) is 54.5 Å². The van der Waals surface area contributed by atoms with E-state index < -0.39 is 29.2 Å². The van der Waals surface area contributed by atoms with Crippen LogP contribution in [0.4, 0.5) is 8.78 Å². The molecule has 0 aliphatic carbocycles. The third kappa shape index (κ3) is 5.35. The van der Waals surface area contributed by atoms with Gasteiger partial charge in [-0.3, -0.25) is 19.2 Å². The number of benzene rings is 2. The van der Waals surface area contributed by atoms with Gasteiger partial charge in [-0.1, -0.05) is 12.1 Å². The zero-order valence-corrected chi connectivity index (χ0v) is 20.6. The van der Waals surface area contributed by atoms with Crippen LogP contribution >= 0.6 is 0 Å². The molecule has 198 valence electrons. The van der Waals surface area contributed by atoms with E-state index in [1.165, 1.54) is 25.1 Å². The zero-order chi connectivity index (χ0) is 27.7. The van der Waals surface area contributed by atoms with E-state index >= 15 is 0 Å². The van der Waals surface area contributed by atoms with Crippen LogP contribution in [0.25, 0.3) is 5.65 Å². The highest BCUT2D eigenvalue weighted by molar-refractivity contribution is 5.98. The lowest BCUT2D eigenvalue weighted by atomic mass is 10.0. The van der Waals surface area contributed by atoms with Crippen molar-refractivity contribution in [3.63, 3.8) is 0 Å². The average Bonchev–Trinajstić information content (AvgIpc) is 3.29. The van der Waals surface area contributed by atoms with Crippen LogP contribution in [0.1, 0.15) is 54.9 Å². The van der Waals surface area contributed by atoms with Crippen LogP contribution in [-0.4, -0.2) is 44.6 Å². The van der Waals surface area contributed by atoms with Gasteiger partial charge in [-0.05, 0) is 42.3 Å². The Bertz CT molecular complexity index is 1670. The van der Waals surface area contributed by atoms with Gasteiger partial charge in [0.25, 0.3) is 11.8 Å². The molecular weight excluding hydrogens is 512 g/mol. The van der Waals surface area contributed by atoms with Gasteiger partial charge in [0, 0.05) is 31.1 Å². The lowest BCUT2D eigenvalue weighted by Gasteiger charge is -2.17. The molecule has 12 heteroatoms. The Kier molecular flexibility index (Phi) is 6.84. The maximum Gasteiger partial charge on any atom is 0.270 e. The molecule has 10 nitrogen and oxygen atoms in total. The van der Waals surface area contributed by atoms with Crippen molar-refractivity contribution in [3.05, 3.63) is 93.9 Å². The van der Waals surface area contributed by atoms with E-state index in [1.807, 2.05) is 0 Å². The molecule has 4 aromatic rings. The number of nitrogens with one attached hydrogen (secondary N) is 2. The lowest BCUT2D eigenvalue weighted by molar-refractivity contribution is -0.121. The average molecular weight is 533 g/mol. The summed E-state index contributed by atoms with van der Waals surface area (Å²) < 4.78 is 34.8. The number of Topliss-reactive ketones (excluding diaryl/α,β-unsaturated/α-hetero) is 2. The fourth-order valence-electron chi connectivity index (χ4n) is 4.16. The molecule has 0 atom stereocenters. The van der Waals surface area contributed by atoms with Crippen molar-refractivity contribution in [1.29, 1.82) is 0 Å². The molecule has 3 heterocycles. The minimum Gasteiger partial charge on any atom is -0.486 e. The molecule has 2 N–H and O–H groups in total. The summed E-state index contributed by atoms with van der Waals surface area (Å²) in [6, 6.07) is 10.3. The third-order valence-electron chi connectivity index (χ3n) is 6.11. The Morgan fingerprint density at radius 3 is 2.44 bits per heavy atom. The number of nitrogens with zero attached hydrogens (tertiary/aromatic N) is 3. The molecule has 0 spiro atoms. The summed E-state index contributed by atoms with van der Waals surface area (Å²) in [6.07, 6.45) is 1.11. The van der Waals surface area contributed by atoms with Gasteiger partial charge in [-0.15, -0.1) is 0 Å². The van der Waals surface area contributed by atoms with Crippen LogP contribution in [-0.2, 0) is 24.3 Å². The van der Waals surface area contributed by atoms with Gasteiger partial charge in [-0.2, -0.15) is 5.10 Å². The number of aromatic nitrogens is 3. The topological polar surface area (TPSA) is 132 Å². The van der Waals surface area contributed by atoms with Gasteiger partial charge in [0.05, 0.1) is 11.8 Å². The predicted molar refractivity (Wildman–Crippen MR) is 132 cm³/mol. The molecule has 0 radical (unpaired) electrons. The number of ketones is 2. The molecule has 5 rings (SSSR count). The lowest BCUT2D eigenvalue weighted by Crippen LogP contribution is -2.28.